The molecular weight excluding hydrogens is 707 g/mol. The van der Waals surface area contributed by atoms with Crippen molar-refractivity contribution in [2.75, 3.05) is 6.61 Å². The van der Waals surface area contributed by atoms with Crippen LogP contribution in [-0.2, 0) is 14.3 Å². The van der Waals surface area contributed by atoms with Gasteiger partial charge in [-0.3, -0.25) is 9.59 Å². The van der Waals surface area contributed by atoms with E-state index in [-0.39, 0.29) is 24.9 Å². The Morgan fingerprint density at radius 1 is 0.526 bits per heavy atom. The van der Waals surface area contributed by atoms with Crippen LogP contribution in [0.2, 0.25) is 0 Å². The Labute approximate surface area is 349 Å². The number of esters is 1. The van der Waals surface area contributed by atoms with Gasteiger partial charge >= 0.3 is 5.97 Å². The third kappa shape index (κ3) is 39.1. The van der Waals surface area contributed by atoms with Crippen molar-refractivity contribution in [2.24, 2.45) is 0 Å². The summed E-state index contributed by atoms with van der Waals surface area (Å²) in [6.45, 7) is 6.17. The molecule has 0 fully saturated rings. The number of rotatable bonds is 38. The number of allylic oxidation sites excluding steroid dienone is 18. The maximum Gasteiger partial charge on any atom is 0.306 e. The number of ether oxygens (including phenoxy) is 1. The van der Waals surface area contributed by atoms with Gasteiger partial charge in [0.25, 0.3) is 0 Å². The molecule has 0 rings (SSSR count). The second-order valence-electron chi connectivity index (χ2n) is 14.9. The minimum atomic E-state index is -0.814. The first-order valence-corrected chi connectivity index (χ1v) is 22.7. The van der Waals surface area contributed by atoms with Crippen LogP contribution < -0.4 is 5.32 Å². The van der Waals surface area contributed by atoms with Crippen molar-refractivity contribution >= 4 is 11.9 Å². The van der Waals surface area contributed by atoms with Crippen LogP contribution in [0.15, 0.2) is 109 Å². The lowest BCUT2D eigenvalue weighted by Gasteiger charge is -2.24. The lowest BCUT2D eigenvalue weighted by atomic mass is 10.0. The van der Waals surface area contributed by atoms with E-state index in [0.717, 1.165) is 83.5 Å². The van der Waals surface area contributed by atoms with Gasteiger partial charge in [0, 0.05) is 6.42 Å². The number of carbonyl (C=O) groups excluding carboxylic acids is 2. The zero-order chi connectivity index (χ0) is 41.7. The SMILES string of the molecule is CC/C=C/C=C/C=C\C=C/CCCC(CC(=O)NC(CO)C(O)CCCCCCCCCCC)OC(=O)CCCCCCC/C=C/C=C/C=C/C=C/C=C/CCC. The van der Waals surface area contributed by atoms with Gasteiger partial charge in [-0.2, -0.15) is 0 Å². The number of carbonyl (C=O) groups is 2. The van der Waals surface area contributed by atoms with Crippen molar-refractivity contribution in [3.63, 3.8) is 0 Å². The van der Waals surface area contributed by atoms with E-state index >= 15 is 0 Å². The van der Waals surface area contributed by atoms with E-state index in [4.69, 9.17) is 4.74 Å². The largest absolute Gasteiger partial charge is 0.462 e. The summed E-state index contributed by atoms with van der Waals surface area (Å²) in [6.07, 6.45) is 58.6. The van der Waals surface area contributed by atoms with E-state index in [1.807, 2.05) is 66.8 Å². The van der Waals surface area contributed by atoms with Gasteiger partial charge in [-0.1, -0.05) is 214 Å². The van der Waals surface area contributed by atoms with Gasteiger partial charge in [0.15, 0.2) is 0 Å². The van der Waals surface area contributed by atoms with Crippen molar-refractivity contribution in [1.82, 2.24) is 5.32 Å². The van der Waals surface area contributed by atoms with Gasteiger partial charge in [-0.15, -0.1) is 0 Å². The van der Waals surface area contributed by atoms with Crippen LogP contribution in [0.25, 0.3) is 0 Å². The highest BCUT2D eigenvalue weighted by Gasteiger charge is 2.24. The van der Waals surface area contributed by atoms with Crippen molar-refractivity contribution < 1.29 is 24.5 Å². The Kier molecular flexibility index (Phi) is 41.0. The summed E-state index contributed by atoms with van der Waals surface area (Å²) in [5.74, 6) is -0.587. The highest BCUT2D eigenvalue weighted by atomic mass is 16.5. The molecule has 6 nitrogen and oxygen atoms in total. The van der Waals surface area contributed by atoms with Crippen LogP contribution in [0, 0.1) is 0 Å². The third-order valence-corrected chi connectivity index (χ3v) is 9.54. The Balaban J connectivity index is 4.72. The normalized spacial score (nSPS) is 14.4. The minimum absolute atomic E-state index is 0.0133. The lowest BCUT2D eigenvalue weighted by molar-refractivity contribution is -0.151. The fraction of sp³-hybridized carbons (Fsp3) is 0.608. The maximum absolute atomic E-state index is 13.1. The molecule has 0 aromatic rings. The van der Waals surface area contributed by atoms with Crippen LogP contribution >= 0.6 is 0 Å². The molecule has 0 saturated carbocycles. The fourth-order valence-electron chi connectivity index (χ4n) is 6.12. The number of aliphatic hydroxyl groups is 2. The van der Waals surface area contributed by atoms with Gasteiger partial charge in [0.1, 0.15) is 6.10 Å². The van der Waals surface area contributed by atoms with E-state index in [1.54, 1.807) is 0 Å². The molecule has 0 aliphatic carbocycles. The topological polar surface area (TPSA) is 95.9 Å². The first-order chi connectivity index (χ1) is 28.0. The minimum Gasteiger partial charge on any atom is -0.462 e. The maximum atomic E-state index is 13.1. The molecule has 6 heteroatoms. The Morgan fingerprint density at radius 3 is 1.54 bits per heavy atom. The summed E-state index contributed by atoms with van der Waals surface area (Å²) < 4.78 is 5.85. The van der Waals surface area contributed by atoms with Gasteiger partial charge in [0.2, 0.25) is 5.91 Å². The van der Waals surface area contributed by atoms with Crippen molar-refractivity contribution in [3.05, 3.63) is 109 Å². The second kappa shape index (κ2) is 43.6. The quantitative estimate of drug-likeness (QED) is 0.0329. The van der Waals surface area contributed by atoms with Crippen LogP contribution in [0.5, 0.6) is 0 Å². The molecular formula is C51H83NO5. The van der Waals surface area contributed by atoms with E-state index in [1.165, 1.54) is 44.9 Å². The molecule has 0 aromatic heterocycles. The van der Waals surface area contributed by atoms with Crippen LogP contribution in [0.4, 0.5) is 0 Å². The Morgan fingerprint density at radius 2 is 1.00 bits per heavy atom. The van der Waals surface area contributed by atoms with Crippen molar-refractivity contribution in [3.8, 4) is 0 Å². The summed E-state index contributed by atoms with van der Waals surface area (Å²) >= 11 is 0. The molecule has 3 unspecified atom stereocenters. The third-order valence-electron chi connectivity index (χ3n) is 9.54. The standard InChI is InChI=1S/C51H83NO5/c1-4-7-10-13-16-19-21-22-23-24-25-26-27-29-32-35-38-41-44-51(56)57-47(42-39-36-33-31-28-20-17-14-11-8-5-2)45-50(55)52-48(46-53)49(54)43-40-37-34-30-18-15-12-9-6-3/h8,10-11,13-14,16-17,19-26,28,31,33,47-49,53-54H,4-7,9,12,15,18,27,29-30,32,34-46H2,1-3H3,(H,52,55)/b11-8+,13-10+,17-14+,19-16+,22-21+,24-23+,26-25+,28-20-,33-31-. The molecule has 0 aromatic carbocycles. The number of nitrogens with one attached hydrogen (secondary N) is 1. The molecule has 0 saturated heterocycles. The molecule has 322 valence electrons. The molecule has 1 amide bonds. The first-order valence-electron chi connectivity index (χ1n) is 22.7. The first kappa shape index (κ1) is 53.5. The van der Waals surface area contributed by atoms with Crippen molar-refractivity contribution in [1.29, 1.82) is 0 Å². The highest BCUT2D eigenvalue weighted by molar-refractivity contribution is 5.77. The summed E-state index contributed by atoms with van der Waals surface area (Å²) in [7, 11) is 0. The van der Waals surface area contributed by atoms with E-state index in [9.17, 15) is 19.8 Å². The van der Waals surface area contributed by atoms with E-state index in [2.05, 4.69) is 68.6 Å². The summed E-state index contributed by atoms with van der Waals surface area (Å²) in [6, 6.07) is -0.733. The van der Waals surface area contributed by atoms with Gasteiger partial charge in [-0.25, -0.2) is 0 Å². The van der Waals surface area contributed by atoms with E-state index < -0.39 is 18.2 Å². The predicted molar refractivity (Wildman–Crippen MR) is 245 cm³/mol. The molecule has 3 atom stereocenters. The summed E-state index contributed by atoms with van der Waals surface area (Å²) in [5.41, 5.74) is 0. The zero-order valence-corrected chi connectivity index (χ0v) is 36.4. The smallest absolute Gasteiger partial charge is 0.306 e. The number of hydrogen-bond donors (Lipinski definition) is 3. The average Bonchev–Trinajstić information content (AvgIpc) is 3.20. The molecule has 57 heavy (non-hydrogen) atoms. The van der Waals surface area contributed by atoms with Crippen LogP contribution in [0.1, 0.15) is 175 Å². The zero-order valence-electron chi connectivity index (χ0n) is 36.4. The van der Waals surface area contributed by atoms with Crippen molar-refractivity contribution in [2.45, 2.75) is 193 Å². The van der Waals surface area contributed by atoms with Gasteiger partial charge in [-0.05, 0) is 57.8 Å². The molecule has 0 bridgehead atoms. The highest BCUT2D eigenvalue weighted by Crippen LogP contribution is 2.16. The molecule has 0 heterocycles. The fourth-order valence-corrected chi connectivity index (χ4v) is 6.12. The lowest BCUT2D eigenvalue weighted by Crippen LogP contribution is -2.46. The van der Waals surface area contributed by atoms with Gasteiger partial charge < -0.3 is 20.3 Å². The number of unbranched alkanes of at least 4 members (excludes halogenated alkanes) is 15. The van der Waals surface area contributed by atoms with Crippen LogP contribution in [0.3, 0.4) is 0 Å². The number of hydrogen-bond acceptors (Lipinski definition) is 5. The number of amides is 1. The average molecular weight is 790 g/mol. The molecule has 0 radical (unpaired) electrons. The monoisotopic (exact) mass is 790 g/mol. The second-order valence-corrected chi connectivity index (χ2v) is 14.9. The Bertz CT molecular complexity index is 1200. The Hall–Kier alpha value is -3.48. The predicted octanol–water partition coefficient (Wildman–Crippen LogP) is 13.2. The van der Waals surface area contributed by atoms with E-state index in [0.29, 0.717) is 19.3 Å². The molecule has 0 aliphatic rings. The summed E-state index contributed by atoms with van der Waals surface area (Å²) in [5, 5.41) is 23.5. The molecule has 0 spiro atoms. The summed E-state index contributed by atoms with van der Waals surface area (Å²) in [4.78, 5) is 26.0. The molecule has 3 N–H and O–H groups in total. The molecule has 0 aliphatic heterocycles. The number of aliphatic hydroxyl groups excluding tert-OH is 2. The van der Waals surface area contributed by atoms with Gasteiger partial charge in [0.05, 0.1) is 25.2 Å². The van der Waals surface area contributed by atoms with Crippen LogP contribution in [-0.4, -0.2) is 46.9 Å².